The SMILES string of the molecule is Cc1cc(C)cc(N2c3cc(C)c(C)cc3B3c4ccc(-c5cccc([Si](c6ccccc6)(c6ccccc6)c6ccccc6)c5)cc4N(c4cccc(-c5cccc([Si](c6ccccc6)(c6ccccc6)c6ccccc6)c5)c4)c4cc(-n5c6ccccc6c6ccccc65)cc2c43)c1. The first kappa shape index (κ1) is 60.6. The van der Waals surface area contributed by atoms with E-state index in [0.717, 1.165) is 39.6 Å². The molecule has 100 heavy (non-hydrogen) atoms. The van der Waals surface area contributed by atoms with E-state index in [4.69, 9.17) is 0 Å². The average Bonchev–Trinajstić information content (AvgIpc) is 0.699. The predicted octanol–water partition coefficient (Wildman–Crippen LogP) is 16.2. The molecule has 0 spiro atoms. The van der Waals surface area contributed by atoms with Gasteiger partial charge in [0.2, 0.25) is 0 Å². The molecule has 16 aromatic rings. The molecule has 3 nitrogen and oxygen atoms in total. The Morgan fingerprint density at radius 3 is 1.07 bits per heavy atom. The van der Waals surface area contributed by atoms with Gasteiger partial charge < -0.3 is 14.4 Å². The van der Waals surface area contributed by atoms with Crippen LogP contribution in [-0.2, 0) is 0 Å². The van der Waals surface area contributed by atoms with E-state index in [2.05, 4.69) is 406 Å². The van der Waals surface area contributed by atoms with Gasteiger partial charge in [0.1, 0.15) is 0 Å². The summed E-state index contributed by atoms with van der Waals surface area (Å²) in [7, 11) is -5.81. The first-order valence-corrected chi connectivity index (χ1v) is 39.0. The molecule has 1 aromatic heterocycles. The third-order valence-electron chi connectivity index (χ3n) is 21.6. The minimum atomic E-state index is -2.91. The monoisotopic (exact) mass is 1310 g/mol. The number of anilines is 6. The van der Waals surface area contributed by atoms with E-state index >= 15 is 0 Å². The van der Waals surface area contributed by atoms with E-state index in [1.165, 1.54) is 124 Å². The van der Waals surface area contributed by atoms with Crippen LogP contribution in [0.3, 0.4) is 0 Å². The number of nitrogens with zero attached hydrogens (tertiary/aromatic N) is 3. The normalized spacial score (nSPS) is 12.5. The van der Waals surface area contributed by atoms with Gasteiger partial charge in [0.15, 0.2) is 16.1 Å². The number of fused-ring (bicyclic) bond motifs is 7. The summed E-state index contributed by atoms with van der Waals surface area (Å²) < 4.78 is 2.52. The van der Waals surface area contributed by atoms with Crippen molar-refractivity contribution in [1.82, 2.24) is 4.57 Å². The minimum Gasteiger partial charge on any atom is -0.311 e. The summed E-state index contributed by atoms with van der Waals surface area (Å²) >= 11 is 0. The molecule has 0 N–H and O–H groups in total. The maximum atomic E-state index is 2.64. The number of aryl methyl sites for hydroxylation is 4. The Morgan fingerprint density at radius 2 is 0.610 bits per heavy atom. The fraction of sp³-hybridized carbons (Fsp3) is 0.0426. The third kappa shape index (κ3) is 9.76. The Balaban J connectivity index is 0.918. The zero-order valence-electron chi connectivity index (χ0n) is 56.6. The van der Waals surface area contributed by atoms with Crippen LogP contribution in [0.5, 0.6) is 0 Å². The molecule has 0 saturated heterocycles. The molecule has 15 aromatic carbocycles. The maximum absolute atomic E-state index is 2.91. The van der Waals surface area contributed by atoms with Gasteiger partial charge in [-0.05, 0) is 191 Å². The predicted molar refractivity (Wildman–Crippen MR) is 432 cm³/mol. The lowest BCUT2D eigenvalue weighted by Crippen LogP contribution is -2.74. The molecular formula is C94H72BN3Si2. The molecular weight excluding hydrogens is 1240 g/mol. The lowest BCUT2D eigenvalue weighted by Gasteiger charge is -2.45. The molecule has 6 heteroatoms. The minimum absolute atomic E-state index is 0.124. The van der Waals surface area contributed by atoms with Crippen LogP contribution >= 0.6 is 0 Å². The summed E-state index contributed by atoms with van der Waals surface area (Å²) in [5.41, 5.74) is 23.8. The summed E-state index contributed by atoms with van der Waals surface area (Å²) in [6, 6.07) is 139. The van der Waals surface area contributed by atoms with Gasteiger partial charge in [0.05, 0.1) is 16.7 Å². The summed E-state index contributed by atoms with van der Waals surface area (Å²) in [5.74, 6) is 0. The second-order valence-corrected chi connectivity index (χ2v) is 35.0. The highest BCUT2D eigenvalue weighted by molar-refractivity contribution is 7.20. The van der Waals surface area contributed by atoms with Crippen molar-refractivity contribution in [3.05, 3.63) is 386 Å². The fourth-order valence-corrected chi connectivity index (χ4v) is 26.8. The number of benzene rings is 15. The largest absolute Gasteiger partial charge is 0.311 e. The fourth-order valence-electron chi connectivity index (χ4n) is 17.2. The molecule has 0 aliphatic carbocycles. The van der Waals surface area contributed by atoms with Gasteiger partial charge in [-0.1, -0.05) is 303 Å². The smallest absolute Gasteiger partial charge is 0.252 e. The topological polar surface area (TPSA) is 11.4 Å². The summed E-state index contributed by atoms with van der Waals surface area (Å²) in [5, 5.41) is 13.2. The molecule has 0 fully saturated rings. The van der Waals surface area contributed by atoms with Crippen LogP contribution in [0.1, 0.15) is 22.3 Å². The van der Waals surface area contributed by atoms with Crippen LogP contribution in [0.15, 0.2) is 364 Å². The average molecular weight is 1310 g/mol. The second kappa shape index (κ2) is 24.6. The number of rotatable bonds is 13. The van der Waals surface area contributed by atoms with Crippen molar-refractivity contribution in [2.45, 2.75) is 27.7 Å². The van der Waals surface area contributed by atoms with Crippen LogP contribution in [0.25, 0.3) is 49.7 Å². The highest BCUT2D eigenvalue weighted by Gasteiger charge is 2.46. The molecule has 0 unspecified atom stereocenters. The van der Waals surface area contributed by atoms with Crippen molar-refractivity contribution in [3.8, 4) is 27.9 Å². The third-order valence-corrected chi connectivity index (χ3v) is 31.1. The van der Waals surface area contributed by atoms with Gasteiger partial charge in [-0.3, -0.25) is 0 Å². The lowest BCUT2D eigenvalue weighted by atomic mass is 9.33. The van der Waals surface area contributed by atoms with E-state index in [-0.39, 0.29) is 6.71 Å². The molecule has 3 heterocycles. The number of hydrogen-bond acceptors (Lipinski definition) is 2. The van der Waals surface area contributed by atoms with Gasteiger partial charge in [-0.15, -0.1) is 0 Å². The van der Waals surface area contributed by atoms with Crippen molar-refractivity contribution in [1.29, 1.82) is 0 Å². The number of para-hydroxylation sites is 2. The van der Waals surface area contributed by atoms with E-state index in [0.29, 0.717) is 0 Å². The Bertz CT molecular complexity index is 5530. The molecule has 474 valence electrons. The van der Waals surface area contributed by atoms with E-state index in [1.807, 2.05) is 0 Å². The van der Waals surface area contributed by atoms with E-state index < -0.39 is 16.1 Å². The number of aromatic nitrogens is 1. The molecule has 0 saturated carbocycles. The van der Waals surface area contributed by atoms with Crippen LogP contribution in [0.4, 0.5) is 34.1 Å². The molecule has 18 rings (SSSR count). The number of hydrogen-bond donors (Lipinski definition) is 0. The zero-order valence-corrected chi connectivity index (χ0v) is 58.6. The Hall–Kier alpha value is -11.8. The van der Waals surface area contributed by atoms with E-state index in [1.54, 1.807) is 0 Å². The first-order valence-electron chi connectivity index (χ1n) is 35.0. The molecule has 2 aliphatic rings. The first-order chi connectivity index (χ1) is 49.2. The van der Waals surface area contributed by atoms with Crippen LogP contribution in [0.2, 0.25) is 0 Å². The molecule has 0 radical (unpaired) electrons. The van der Waals surface area contributed by atoms with Gasteiger partial charge in [0.25, 0.3) is 6.71 Å². The molecule has 2 aliphatic heterocycles. The van der Waals surface area contributed by atoms with Crippen LogP contribution in [-0.4, -0.2) is 27.4 Å². The van der Waals surface area contributed by atoms with Crippen molar-refractivity contribution < 1.29 is 0 Å². The Labute approximate surface area is 589 Å². The summed E-state index contributed by atoms with van der Waals surface area (Å²) in [6.07, 6.45) is 0. The van der Waals surface area contributed by atoms with Crippen molar-refractivity contribution in [2.75, 3.05) is 9.80 Å². The molecule has 0 bridgehead atoms. The quantitative estimate of drug-likeness (QED) is 0.0842. The van der Waals surface area contributed by atoms with E-state index in [9.17, 15) is 0 Å². The zero-order chi connectivity index (χ0) is 67.1. The second-order valence-electron chi connectivity index (χ2n) is 27.4. The van der Waals surface area contributed by atoms with Gasteiger partial charge >= 0.3 is 0 Å². The highest BCUT2D eigenvalue weighted by Crippen LogP contribution is 2.48. The summed E-state index contributed by atoms with van der Waals surface area (Å²) in [4.78, 5) is 5.24. The molecule has 0 atom stereocenters. The van der Waals surface area contributed by atoms with Gasteiger partial charge in [0, 0.05) is 44.9 Å². The van der Waals surface area contributed by atoms with Crippen molar-refractivity contribution >= 4 is 137 Å². The Morgan fingerprint density at radius 1 is 0.240 bits per heavy atom. The highest BCUT2D eigenvalue weighted by atomic mass is 28.3. The van der Waals surface area contributed by atoms with Crippen molar-refractivity contribution in [2.24, 2.45) is 0 Å². The summed E-state index contributed by atoms with van der Waals surface area (Å²) in [6.45, 7) is 8.93. The Kier molecular flexibility index (Phi) is 14.9. The standard InChI is InChI=1S/C94H72BN3Si2/c1-65-54-66(2)56-74(55-65)98-90-58-68(4)67(3)57-87(90)95-86-53-52-72(71-32-29-47-83(61-71)100(79-40-17-8-18-41-79,80-42-19-9-20-43-80)81-44-21-10-22-45-81)62-91(86)96(92-63-75(64-93(98)94(92)95)97-88-50-25-23-48-84(88)85-49-24-26-51-89(85)97)73-33-27-30-69(59-73)70-31-28-46-82(60-70)99(76-34-11-5-12-35-76,77-36-13-6-14-37-77)78-38-15-7-16-39-78/h5-64H,1-4H3. The molecule has 0 amide bonds. The van der Waals surface area contributed by atoms with Gasteiger partial charge in [-0.25, -0.2) is 0 Å². The van der Waals surface area contributed by atoms with Crippen LogP contribution in [0, 0.1) is 27.7 Å². The maximum Gasteiger partial charge on any atom is 0.252 e. The lowest BCUT2D eigenvalue weighted by molar-refractivity contribution is 1.16. The van der Waals surface area contributed by atoms with Gasteiger partial charge in [-0.2, -0.15) is 0 Å². The van der Waals surface area contributed by atoms with Crippen LogP contribution < -0.4 is 67.7 Å². The van der Waals surface area contributed by atoms with Crippen molar-refractivity contribution in [3.63, 3.8) is 0 Å².